The Morgan fingerprint density at radius 1 is 1.35 bits per heavy atom. The van der Waals surface area contributed by atoms with Gasteiger partial charge in [-0.15, -0.1) is 5.10 Å². The van der Waals surface area contributed by atoms with Crippen molar-refractivity contribution in [2.24, 2.45) is 5.92 Å². The van der Waals surface area contributed by atoms with Gasteiger partial charge in [0.1, 0.15) is 11.0 Å². The summed E-state index contributed by atoms with van der Waals surface area (Å²) in [7, 11) is 0. The molecule has 2 heterocycles. The van der Waals surface area contributed by atoms with Crippen LogP contribution in [0.5, 0.6) is 0 Å². The van der Waals surface area contributed by atoms with E-state index in [0.717, 1.165) is 6.42 Å². The molecular weight excluding hydrogens is 258 g/mol. The molecule has 2 aromatic rings. The highest BCUT2D eigenvalue weighted by molar-refractivity contribution is 6.00. The third kappa shape index (κ3) is 1.71. The van der Waals surface area contributed by atoms with Gasteiger partial charge in [-0.1, -0.05) is 11.3 Å². The Morgan fingerprint density at radius 3 is 2.95 bits per heavy atom. The van der Waals surface area contributed by atoms with Crippen molar-refractivity contribution >= 4 is 17.0 Å². The van der Waals surface area contributed by atoms with E-state index < -0.39 is 5.97 Å². The third-order valence-electron chi connectivity index (χ3n) is 4.23. The van der Waals surface area contributed by atoms with Crippen LogP contribution in [-0.4, -0.2) is 38.8 Å². The lowest BCUT2D eigenvalue weighted by Gasteiger charge is -2.19. The lowest BCUT2D eigenvalue weighted by atomic mass is 10.1. The molecule has 1 N–H and O–H groups in total. The zero-order chi connectivity index (χ0) is 13.7. The summed E-state index contributed by atoms with van der Waals surface area (Å²) in [6, 6.07) is 5.21. The van der Waals surface area contributed by atoms with Gasteiger partial charge in [-0.3, -0.25) is 0 Å². The van der Waals surface area contributed by atoms with Crippen LogP contribution >= 0.6 is 0 Å². The van der Waals surface area contributed by atoms with Gasteiger partial charge in [0, 0.05) is 6.61 Å². The average Bonchev–Trinajstić information content (AvgIpc) is 3.01. The number of aromatic nitrogens is 3. The predicted octanol–water partition coefficient (Wildman–Crippen LogP) is 1.87. The van der Waals surface area contributed by atoms with Gasteiger partial charge >= 0.3 is 5.97 Å². The number of aromatic carboxylic acids is 1. The molecule has 2 fully saturated rings. The molecule has 0 amide bonds. The van der Waals surface area contributed by atoms with E-state index in [4.69, 9.17) is 4.74 Å². The van der Waals surface area contributed by atoms with E-state index in [9.17, 15) is 9.90 Å². The molecule has 6 nitrogen and oxygen atoms in total. The molecule has 0 spiro atoms. The number of rotatable bonds is 3. The van der Waals surface area contributed by atoms with E-state index in [-0.39, 0.29) is 17.7 Å². The molecule has 1 saturated carbocycles. The summed E-state index contributed by atoms with van der Waals surface area (Å²) in [6.45, 7) is 0.711. The molecule has 0 radical (unpaired) electrons. The van der Waals surface area contributed by atoms with Crippen LogP contribution in [0.3, 0.4) is 0 Å². The van der Waals surface area contributed by atoms with E-state index in [0.29, 0.717) is 23.6 Å². The number of fused-ring (bicyclic) bond motifs is 1. The number of benzene rings is 1. The number of carboxylic acids is 1. The highest BCUT2D eigenvalue weighted by Crippen LogP contribution is 2.43. The van der Waals surface area contributed by atoms with E-state index in [1.54, 1.807) is 22.9 Å². The highest BCUT2D eigenvalue weighted by Gasteiger charge is 2.42. The van der Waals surface area contributed by atoms with Crippen molar-refractivity contribution in [3.05, 3.63) is 23.8 Å². The van der Waals surface area contributed by atoms with Crippen LogP contribution in [0, 0.1) is 5.92 Å². The summed E-state index contributed by atoms with van der Waals surface area (Å²) in [6.07, 6.45) is 3.41. The van der Waals surface area contributed by atoms with Crippen molar-refractivity contribution in [3.63, 3.8) is 0 Å². The summed E-state index contributed by atoms with van der Waals surface area (Å²) in [5, 5.41) is 17.7. The molecule has 104 valence electrons. The van der Waals surface area contributed by atoms with Crippen molar-refractivity contribution in [1.82, 2.24) is 15.0 Å². The van der Waals surface area contributed by atoms with Crippen LogP contribution in [0.4, 0.5) is 0 Å². The van der Waals surface area contributed by atoms with E-state index in [2.05, 4.69) is 10.3 Å². The molecule has 1 saturated heterocycles. The van der Waals surface area contributed by atoms with E-state index >= 15 is 0 Å². The molecule has 2 unspecified atom stereocenters. The number of nitrogens with zero attached hydrogens (tertiary/aromatic N) is 3. The van der Waals surface area contributed by atoms with Gasteiger partial charge in [0.2, 0.25) is 0 Å². The number of para-hydroxylation sites is 1. The maximum absolute atomic E-state index is 11.4. The summed E-state index contributed by atoms with van der Waals surface area (Å²) >= 11 is 0. The number of ether oxygens (including phenoxy) is 1. The Morgan fingerprint density at radius 2 is 2.20 bits per heavy atom. The van der Waals surface area contributed by atoms with Gasteiger partial charge in [-0.25, -0.2) is 9.48 Å². The molecule has 2 aliphatic rings. The zero-order valence-electron chi connectivity index (χ0n) is 10.9. The Kier molecular flexibility index (Phi) is 2.53. The van der Waals surface area contributed by atoms with E-state index in [1.165, 1.54) is 12.8 Å². The first kappa shape index (κ1) is 11.8. The molecule has 1 aliphatic carbocycles. The van der Waals surface area contributed by atoms with Gasteiger partial charge < -0.3 is 9.84 Å². The number of carboxylic acid groups (broad SMARTS) is 1. The quantitative estimate of drug-likeness (QED) is 0.923. The van der Waals surface area contributed by atoms with Crippen LogP contribution < -0.4 is 0 Å². The standard InChI is InChI=1S/C14H15N3O3/c18-14(19)9-2-1-3-10-12(9)17(16-15-10)11-6-7-20-13(11)8-4-5-8/h1-3,8,11,13H,4-7H2,(H,18,19). The van der Waals surface area contributed by atoms with E-state index in [1.807, 2.05) is 0 Å². The predicted molar refractivity (Wildman–Crippen MR) is 70.6 cm³/mol. The monoisotopic (exact) mass is 273 g/mol. The second kappa shape index (κ2) is 4.28. The van der Waals surface area contributed by atoms with Crippen LogP contribution in [0.1, 0.15) is 35.7 Å². The molecule has 4 rings (SSSR count). The molecular formula is C14H15N3O3. The molecule has 20 heavy (non-hydrogen) atoms. The summed E-state index contributed by atoms with van der Waals surface area (Å²) in [4.78, 5) is 11.4. The summed E-state index contributed by atoms with van der Waals surface area (Å²) < 4.78 is 7.60. The Labute approximate surface area is 115 Å². The molecule has 2 atom stereocenters. The molecule has 1 aromatic carbocycles. The van der Waals surface area contributed by atoms with Gasteiger partial charge in [0.05, 0.1) is 17.7 Å². The Hall–Kier alpha value is -1.95. The van der Waals surface area contributed by atoms with Crippen molar-refractivity contribution < 1.29 is 14.6 Å². The number of carbonyl (C=O) groups is 1. The average molecular weight is 273 g/mol. The molecule has 1 aliphatic heterocycles. The molecule has 6 heteroatoms. The summed E-state index contributed by atoms with van der Waals surface area (Å²) in [5.41, 5.74) is 1.50. The first-order valence-electron chi connectivity index (χ1n) is 6.94. The van der Waals surface area contributed by atoms with Crippen LogP contribution in [0.25, 0.3) is 11.0 Å². The Bertz CT molecular complexity index is 677. The SMILES string of the molecule is O=C(O)c1cccc2nnn(C3CCOC3C3CC3)c12. The fourth-order valence-corrected chi connectivity index (χ4v) is 3.14. The second-order valence-electron chi connectivity index (χ2n) is 5.54. The van der Waals surface area contributed by atoms with Gasteiger partial charge in [-0.05, 0) is 37.3 Å². The normalized spacial score (nSPS) is 26.2. The first-order valence-corrected chi connectivity index (χ1v) is 6.94. The van der Waals surface area contributed by atoms with Crippen LogP contribution in [-0.2, 0) is 4.74 Å². The highest BCUT2D eigenvalue weighted by atomic mass is 16.5. The van der Waals surface area contributed by atoms with Crippen molar-refractivity contribution in [1.29, 1.82) is 0 Å². The maximum Gasteiger partial charge on any atom is 0.337 e. The molecule has 1 aromatic heterocycles. The van der Waals surface area contributed by atoms with Crippen molar-refractivity contribution in [2.75, 3.05) is 6.61 Å². The minimum absolute atomic E-state index is 0.105. The second-order valence-corrected chi connectivity index (χ2v) is 5.54. The van der Waals surface area contributed by atoms with Crippen LogP contribution in [0.15, 0.2) is 18.2 Å². The molecule has 0 bridgehead atoms. The first-order chi connectivity index (χ1) is 9.75. The zero-order valence-corrected chi connectivity index (χ0v) is 10.9. The largest absolute Gasteiger partial charge is 0.478 e. The fourth-order valence-electron chi connectivity index (χ4n) is 3.14. The third-order valence-corrected chi connectivity index (χ3v) is 4.23. The summed E-state index contributed by atoms with van der Waals surface area (Å²) in [5.74, 6) is -0.347. The topological polar surface area (TPSA) is 77.2 Å². The van der Waals surface area contributed by atoms with Gasteiger partial charge in [0.25, 0.3) is 0 Å². The lowest BCUT2D eigenvalue weighted by Crippen LogP contribution is -2.23. The fraction of sp³-hybridized carbons (Fsp3) is 0.500. The Balaban J connectivity index is 1.85. The van der Waals surface area contributed by atoms with Crippen molar-refractivity contribution in [3.8, 4) is 0 Å². The maximum atomic E-state index is 11.4. The smallest absolute Gasteiger partial charge is 0.337 e. The lowest BCUT2D eigenvalue weighted by molar-refractivity contribution is 0.0690. The van der Waals surface area contributed by atoms with Crippen LogP contribution in [0.2, 0.25) is 0 Å². The minimum atomic E-state index is -0.943. The van der Waals surface area contributed by atoms with Gasteiger partial charge in [0.15, 0.2) is 0 Å². The number of hydrogen-bond acceptors (Lipinski definition) is 4. The van der Waals surface area contributed by atoms with Gasteiger partial charge in [-0.2, -0.15) is 0 Å². The minimum Gasteiger partial charge on any atom is -0.478 e. The number of hydrogen-bond donors (Lipinski definition) is 1. The van der Waals surface area contributed by atoms with Crippen molar-refractivity contribution in [2.45, 2.75) is 31.4 Å².